The Balaban J connectivity index is 2.81. The molecule has 15 heavy (non-hydrogen) atoms. The number of ether oxygens (including phenoxy) is 1. The van der Waals surface area contributed by atoms with Gasteiger partial charge in [0.2, 0.25) is 0 Å². The highest BCUT2D eigenvalue weighted by Crippen LogP contribution is 2.40. The molecule has 1 heterocycles. The van der Waals surface area contributed by atoms with E-state index in [0.717, 1.165) is 0 Å². The first-order valence-corrected chi connectivity index (χ1v) is 5.05. The number of nitrogen functional groups attached to an aromatic ring is 1. The lowest BCUT2D eigenvalue weighted by atomic mass is 10.1. The summed E-state index contributed by atoms with van der Waals surface area (Å²) in [5, 5.41) is 0. The smallest absolute Gasteiger partial charge is 0.254 e. The number of carbonyl (C=O) groups excluding carboxylic acids is 1. The molecular weight excluding hydrogens is 267 g/mol. The molecule has 1 aromatic rings. The van der Waals surface area contributed by atoms with Gasteiger partial charge in [0.25, 0.3) is 5.91 Å². The van der Waals surface area contributed by atoms with E-state index in [9.17, 15) is 9.18 Å². The van der Waals surface area contributed by atoms with Gasteiger partial charge < -0.3 is 16.2 Å². The standard InChI is InChI=1S/C9H8BrFN2O2/c10-5-3-1-2-15-8(3)4(9(13)14)7(12)6(5)11/h1-2,12H2,(H2,13,14). The summed E-state index contributed by atoms with van der Waals surface area (Å²) in [5.74, 6) is -1.14. The molecule has 1 aliphatic heterocycles. The zero-order valence-electron chi connectivity index (χ0n) is 7.64. The molecule has 1 aliphatic rings. The summed E-state index contributed by atoms with van der Waals surface area (Å²) in [5.41, 5.74) is 10.9. The molecule has 2 rings (SSSR count). The summed E-state index contributed by atoms with van der Waals surface area (Å²) in [6.45, 7) is 0.400. The molecule has 0 saturated heterocycles. The number of hydrogen-bond donors (Lipinski definition) is 2. The van der Waals surface area contributed by atoms with Crippen molar-refractivity contribution in [3.05, 3.63) is 21.4 Å². The van der Waals surface area contributed by atoms with E-state index < -0.39 is 11.7 Å². The molecule has 0 spiro atoms. The van der Waals surface area contributed by atoms with Crippen molar-refractivity contribution in [1.29, 1.82) is 0 Å². The minimum atomic E-state index is -0.781. The molecule has 0 unspecified atom stereocenters. The van der Waals surface area contributed by atoms with Crippen LogP contribution in [0.4, 0.5) is 10.1 Å². The van der Waals surface area contributed by atoms with E-state index in [1.165, 1.54) is 0 Å². The summed E-state index contributed by atoms with van der Waals surface area (Å²) in [4.78, 5) is 11.1. The van der Waals surface area contributed by atoms with Gasteiger partial charge in [-0.1, -0.05) is 0 Å². The highest BCUT2D eigenvalue weighted by molar-refractivity contribution is 9.10. The van der Waals surface area contributed by atoms with Gasteiger partial charge in [0.1, 0.15) is 11.3 Å². The van der Waals surface area contributed by atoms with Crippen LogP contribution in [0.15, 0.2) is 4.47 Å². The van der Waals surface area contributed by atoms with Gasteiger partial charge in [-0.3, -0.25) is 4.79 Å². The Kier molecular flexibility index (Phi) is 2.30. The van der Waals surface area contributed by atoms with E-state index in [4.69, 9.17) is 16.2 Å². The van der Waals surface area contributed by atoms with Gasteiger partial charge >= 0.3 is 0 Å². The van der Waals surface area contributed by atoms with E-state index in [0.29, 0.717) is 24.3 Å². The van der Waals surface area contributed by atoms with Gasteiger partial charge in [0, 0.05) is 12.0 Å². The van der Waals surface area contributed by atoms with Crippen molar-refractivity contribution < 1.29 is 13.9 Å². The Morgan fingerprint density at radius 1 is 1.53 bits per heavy atom. The monoisotopic (exact) mass is 274 g/mol. The second-order valence-electron chi connectivity index (χ2n) is 3.19. The number of hydrogen-bond acceptors (Lipinski definition) is 3. The molecule has 4 nitrogen and oxygen atoms in total. The number of amides is 1. The maximum atomic E-state index is 13.6. The third-order valence-electron chi connectivity index (χ3n) is 2.31. The first-order valence-electron chi connectivity index (χ1n) is 4.26. The second kappa shape index (κ2) is 3.37. The third kappa shape index (κ3) is 1.36. The molecule has 1 aromatic carbocycles. The first-order chi connectivity index (χ1) is 7.04. The number of halogens is 2. The largest absolute Gasteiger partial charge is 0.492 e. The molecule has 0 saturated carbocycles. The summed E-state index contributed by atoms with van der Waals surface area (Å²) in [6, 6.07) is 0. The maximum absolute atomic E-state index is 13.6. The van der Waals surface area contributed by atoms with Crippen LogP contribution in [-0.4, -0.2) is 12.5 Å². The number of primary amides is 1. The predicted octanol–water partition coefficient (Wildman–Crippen LogP) is 1.20. The van der Waals surface area contributed by atoms with Crippen LogP contribution in [-0.2, 0) is 6.42 Å². The summed E-state index contributed by atoms with van der Waals surface area (Å²) in [6.07, 6.45) is 0.535. The minimum absolute atomic E-state index is 0.0665. The van der Waals surface area contributed by atoms with Crippen LogP contribution in [0.5, 0.6) is 5.75 Å². The second-order valence-corrected chi connectivity index (χ2v) is 3.98. The third-order valence-corrected chi connectivity index (χ3v) is 3.14. The molecule has 0 aliphatic carbocycles. The van der Waals surface area contributed by atoms with Crippen LogP contribution in [0.2, 0.25) is 0 Å². The average molecular weight is 275 g/mol. The van der Waals surface area contributed by atoms with Gasteiger partial charge in [0.05, 0.1) is 16.8 Å². The van der Waals surface area contributed by atoms with Crippen molar-refractivity contribution in [3.8, 4) is 5.75 Å². The fraction of sp³-hybridized carbons (Fsp3) is 0.222. The van der Waals surface area contributed by atoms with Crippen molar-refractivity contribution in [2.75, 3.05) is 12.3 Å². The zero-order chi connectivity index (χ0) is 11.2. The summed E-state index contributed by atoms with van der Waals surface area (Å²) >= 11 is 3.08. The van der Waals surface area contributed by atoms with Gasteiger partial charge in [-0.05, 0) is 15.9 Å². The fourth-order valence-electron chi connectivity index (χ4n) is 1.62. The lowest BCUT2D eigenvalue weighted by molar-refractivity contribution is 0.0998. The number of nitrogens with two attached hydrogens (primary N) is 2. The number of fused-ring (bicyclic) bond motifs is 1. The predicted molar refractivity (Wildman–Crippen MR) is 56.2 cm³/mol. The zero-order valence-corrected chi connectivity index (χ0v) is 9.23. The first kappa shape index (κ1) is 10.2. The number of carbonyl (C=O) groups is 1. The average Bonchev–Trinajstić information content (AvgIpc) is 2.62. The van der Waals surface area contributed by atoms with Crippen LogP contribution in [0.1, 0.15) is 15.9 Å². The number of rotatable bonds is 1. The van der Waals surface area contributed by atoms with Crippen molar-refractivity contribution in [3.63, 3.8) is 0 Å². The van der Waals surface area contributed by atoms with Crippen LogP contribution < -0.4 is 16.2 Å². The number of benzene rings is 1. The summed E-state index contributed by atoms with van der Waals surface area (Å²) < 4.78 is 19.0. The van der Waals surface area contributed by atoms with Crippen molar-refractivity contribution in [1.82, 2.24) is 0 Å². The Morgan fingerprint density at radius 2 is 2.20 bits per heavy atom. The van der Waals surface area contributed by atoms with Gasteiger partial charge in [-0.25, -0.2) is 4.39 Å². The van der Waals surface area contributed by atoms with E-state index >= 15 is 0 Å². The molecule has 0 radical (unpaired) electrons. The van der Waals surface area contributed by atoms with Crippen molar-refractivity contribution >= 4 is 27.5 Å². The van der Waals surface area contributed by atoms with Gasteiger partial charge in [0.15, 0.2) is 5.82 Å². The Morgan fingerprint density at radius 3 is 2.80 bits per heavy atom. The molecule has 0 bridgehead atoms. The van der Waals surface area contributed by atoms with Crippen LogP contribution in [0, 0.1) is 5.82 Å². The molecule has 6 heteroatoms. The van der Waals surface area contributed by atoms with Crippen molar-refractivity contribution in [2.45, 2.75) is 6.42 Å². The quantitative estimate of drug-likeness (QED) is 0.756. The van der Waals surface area contributed by atoms with Gasteiger partial charge in [-0.2, -0.15) is 0 Å². The molecule has 0 aromatic heterocycles. The maximum Gasteiger partial charge on any atom is 0.254 e. The van der Waals surface area contributed by atoms with E-state index in [1.54, 1.807) is 0 Å². The van der Waals surface area contributed by atoms with Crippen LogP contribution >= 0.6 is 15.9 Å². The normalized spacial score (nSPS) is 13.5. The lowest BCUT2D eigenvalue weighted by Gasteiger charge is -2.11. The Bertz CT molecular complexity index is 462. The molecule has 0 atom stereocenters. The Labute approximate surface area is 93.5 Å². The topological polar surface area (TPSA) is 78.3 Å². The molecule has 80 valence electrons. The van der Waals surface area contributed by atoms with E-state index in [2.05, 4.69) is 15.9 Å². The summed E-state index contributed by atoms with van der Waals surface area (Å²) in [7, 11) is 0. The molecule has 0 fully saturated rings. The van der Waals surface area contributed by atoms with E-state index in [-0.39, 0.29) is 15.7 Å². The number of anilines is 1. The lowest BCUT2D eigenvalue weighted by Crippen LogP contribution is -2.16. The van der Waals surface area contributed by atoms with Crippen LogP contribution in [0.3, 0.4) is 0 Å². The fourth-order valence-corrected chi connectivity index (χ4v) is 2.21. The highest BCUT2D eigenvalue weighted by Gasteiger charge is 2.28. The van der Waals surface area contributed by atoms with E-state index in [1.807, 2.05) is 0 Å². The highest BCUT2D eigenvalue weighted by atomic mass is 79.9. The van der Waals surface area contributed by atoms with Crippen LogP contribution in [0.25, 0.3) is 0 Å². The molecule has 1 amide bonds. The Hall–Kier alpha value is -1.30. The molecular formula is C9H8BrFN2O2. The van der Waals surface area contributed by atoms with Gasteiger partial charge in [-0.15, -0.1) is 0 Å². The van der Waals surface area contributed by atoms with Crippen molar-refractivity contribution in [2.24, 2.45) is 5.73 Å². The molecule has 4 N–H and O–H groups in total. The SMILES string of the molecule is NC(=O)c1c(N)c(F)c(Br)c2c1OCC2. The minimum Gasteiger partial charge on any atom is -0.492 e.